The number of hydrogen-bond donors (Lipinski definition) is 1. The summed E-state index contributed by atoms with van der Waals surface area (Å²) in [6.07, 6.45) is 16.2. The third kappa shape index (κ3) is 4.62. The molecule has 0 aromatic heterocycles. The molecular weight excluding hydrogens is 206 g/mol. The van der Waals surface area contributed by atoms with Crippen molar-refractivity contribution >= 4 is 0 Å². The molecule has 2 aliphatic rings. The van der Waals surface area contributed by atoms with Crippen molar-refractivity contribution in [2.24, 2.45) is 11.8 Å². The molecule has 1 nitrogen and oxygen atoms in total. The smallest absolute Gasteiger partial charge is 0.00698 e. The van der Waals surface area contributed by atoms with Crippen LogP contribution in [0.5, 0.6) is 0 Å². The molecule has 0 aromatic rings. The summed E-state index contributed by atoms with van der Waals surface area (Å²) < 4.78 is 0. The van der Waals surface area contributed by atoms with Gasteiger partial charge in [0.2, 0.25) is 0 Å². The van der Waals surface area contributed by atoms with Gasteiger partial charge in [0.05, 0.1) is 0 Å². The lowest BCUT2D eigenvalue weighted by atomic mass is 9.79. The lowest BCUT2D eigenvalue weighted by molar-refractivity contribution is 0.247. The molecule has 2 fully saturated rings. The van der Waals surface area contributed by atoms with Gasteiger partial charge in [-0.15, -0.1) is 0 Å². The number of nitrogens with one attached hydrogen (secondary N) is 1. The minimum atomic E-state index is 0.834. The molecule has 0 bridgehead atoms. The third-order valence-corrected chi connectivity index (χ3v) is 4.92. The molecule has 2 rings (SSSR count). The lowest BCUT2D eigenvalue weighted by Crippen LogP contribution is -2.33. The van der Waals surface area contributed by atoms with E-state index in [0.717, 1.165) is 17.9 Å². The van der Waals surface area contributed by atoms with E-state index in [1.165, 1.54) is 77.2 Å². The third-order valence-electron chi connectivity index (χ3n) is 4.92. The van der Waals surface area contributed by atoms with E-state index in [-0.39, 0.29) is 0 Å². The van der Waals surface area contributed by atoms with Crippen molar-refractivity contribution < 1.29 is 0 Å². The van der Waals surface area contributed by atoms with Gasteiger partial charge >= 0.3 is 0 Å². The minimum Gasteiger partial charge on any atom is -0.314 e. The molecule has 2 aliphatic carbocycles. The Morgan fingerprint density at radius 3 is 2.29 bits per heavy atom. The van der Waals surface area contributed by atoms with Crippen molar-refractivity contribution in [3.05, 3.63) is 0 Å². The first kappa shape index (κ1) is 13.4. The van der Waals surface area contributed by atoms with E-state index in [1.54, 1.807) is 0 Å². The molecule has 1 atom stereocenters. The summed E-state index contributed by atoms with van der Waals surface area (Å²) in [6.45, 7) is 3.51. The van der Waals surface area contributed by atoms with Gasteiger partial charge in [0.1, 0.15) is 0 Å². The molecular formula is C16H31N. The maximum Gasteiger partial charge on any atom is 0.00698 e. The van der Waals surface area contributed by atoms with Crippen LogP contribution in [0.1, 0.15) is 77.6 Å². The molecule has 0 radical (unpaired) electrons. The summed E-state index contributed by atoms with van der Waals surface area (Å²) in [5, 5.41) is 3.79. The van der Waals surface area contributed by atoms with Crippen LogP contribution < -0.4 is 5.32 Å². The molecule has 0 heterocycles. The Bertz CT molecular complexity index is 192. The summed E-state index contributed by atoms with van der Waals surface area (Å²) in [7, 11) is 0. The summed E-state index contributed by atoms with van der Waals surface area (Å²) in [6, 6.07) is 0.834. The van der Waals surface area contributed by atoms with Gasteiger partial charge in [-0.3, -0.25) is 0 Å². The highest BCUT2D eigenvalue weighted by atomic mass is 14.9. The quantitative estimate of drug-likeness (QED) is 0.654. The molecule has 0 aliphatic heterocycles. The summed E-state index contributed by atoms with van der Waals surface area (Å²) in [5.41, 5.74) is 0. The topological polar surface area (TPSA) is 12.0 Å². The fourth-order valence-corrected chi connectivity index (χ4v) is 3.52. The van der Waals surface area contributed by atoms with Crippen LogP contribution in [0.25, 0.3) is 0 Å². The van der Waals surface area contributed by atoms with Crippen LogP contribution in [0.2, 0.25) is 0 Å². The molecule has 1 N–H and O–H groups in total. The Labute approximate surface area is 108 Å². The average molecular weight is 237 g/mol. The van der Waals surface area contributed by atoms with Crippen LogP contribution in [-0.2, 0) is 0 Å². The summed E-state index contributed by atoms with van der Waals surface area (Å²) >= 11 is 0. The second-order valence-corrected chi connectivity index (χ2v) is 6.41. The highest BCUT2D eigenvalue weighted by Gasteiger charge is 2.23. The SMILES string of the molecule is CCCNC(CCC1CCCC1)CC1CCC1. The van der Waals surface area contributed by atoms with Gasteiger partial charge < -0.3 is 5.32 Å². The monoisotopic (exact) mass is 237 g/mol. The van der Waals surface area contributed by atoms with Gasteiger partial charge in [0.25, 0.3) is 0 Å². The van der Waals surface area contributed by atoms with Crippen LogP contribution in [0.3, 0.4) is 0 Å². The van der Waals surface area contributed by atoms with Gasteiger partial charge in [-0.1, -0.05) is 51.9 Å². The van der Waals surface area contributed by atoms with Crippen LogP contribution >= 0.6 is 0 Å². The normalized spacial score (nSPS) is 23.8. The molecule has 1 heteroatoms. The van der Waals surface area contributed by atoms with E-state index >= 15 is 0 Å². The van der Waals surface area contributed by atoms with Gasteiger partial charge in [-0.25, -0.2) is 0 Å². The molecule has 0 spiro atoms. The van der Waals surface area contributed by atoms with Gasteiger partial charge in [-0.2, -0.15) is 0 Å². The Morgan fingerprint density at radius 1 is 1.00 bits per heavy atom. The zero-order chi connectivity index (χ0) is 11.9. The highest BCUT2D eigenvalue weighted by molar-refractivity contribution is 4.79. The van der Waals surface area contributed by atoms with Crippen molar-refractivity contribution in [1.82, 2.24) is 5.32 Å². The van der Waals surface area contributed by atoms with Gasteiger partial charge in [0, 0.05) is 6.04 Å². The summed E-state index contributed by atoms with van der Waals surface area (Å²) in [5.74, 6) is 2.13. The zero-order valence-corrected chi connectivity index (χ0v) is 11.7. The van der Waals surface area contributed by atoms with Crippen molar-refractivity contribution in [2.75, 3.05) is 6.54 Å². The Morgan fingerprint density at radius 2 is 1.71 bits per heavy atom. The molecule has 100 valence electrons. The van der Waals surface area contributed by atoms with E-state index in [4.69, 9.17) is 0 Å². The van der Waals surface area contributed by atoms with Crippen LogP contribution in [0.4, 0.5) is 0 Å². The van der Waals surface area contributed by atoms with Crippen molar-refractivity contribution in [1.29, 1.82) is 0 Å². The van der Waals surface area contributed by atoms with E-state index in [2.05, 4.69) is 12.2 Å². The predicted molar refractivity (Wildman–Crippen MR) is 75.2 cm³/mol. The van der Waals surface area contributed by atoms with E-state index in [0.29, 0.717) is 0 Å². The summed E-state index contributed by atoms with van der Waals surface area (Å²) in [4.78, 5) is 0. The standard InChI is InChI=1S/C16H31N/c1-2-12-17-16(13-15-8-5-9-15)11-10-14-6-3-4-7-14/h14-17H,2-13H2,1H3. The van der Waals surface area contributed by atoms with Crippen LogP contribution in [0.15, 0.2) is 0 Å². The van der Waals surface area contributed by atoms with Crippen molar-refractivity contribution in [2.45, 2.75) is 83.6 Å². The fraction of sp³-hybridized carbons (Fsp3) is 1.00. The maximum atomic E-state index is 3.79. The largest absolute Gasteiger partial charge is 0.314 e. The van der Waals surface area contributed by atoms with E-state index in [9.17, 15) is 0 Å². The Hall–Kier alpha value is -0.0400. The second kappa shape index (κ2) is 7.41. The molecule has 1 unspecified atom stereocenters. The Kier molecular flexibility index (Phi) is 5.84. The van der Waals surface area contributed by atoms with Crippen LogP contribution in [0, 0.1) is 11.8 Å². The molecule has 0 aromatic carbocycles. The molecule has 2 saturated carbocycles. The maximum absolute atomic E-state index is 3.79. The number of hydrogen-bond acceptors (Lipinski definition) is 1. The number of rotatable bonds is 8. The fourth-order valence-electron chi connectivity index (χ4n) is 3.52. The van der Waals surface area contributed by atoms with Crippen molar-refractivity contribution in [3.63, 3.8) is 0 Å². The molecule has 0 saturated heterocycles. The average Bonchev–Trinajstić information content (AvgIpc) is 2.78. The van der Waals surface area contributed by atoms with Gasteiger partial charge in [0.15, 0.2) is 0 Å². The first-order valence-electron chi connectivity index (χ1n) is 8.12. The first-order chi connectivity index (χ1) is 8.38. The van der Waals surface area contributed by atoms with E-state index < -0.39 is 0 Å². The van der Waals surface area contributed by atoms with Crippen LogP contribution in [-0.4, -0.2) is 12.6 Å². The first-order valence-corrected chi connectivity index (χ1v) is 8.12. The molecule has 17 heavy (non-hydrogen) atoms. The lowest BCUT2D eigenvalue weighted by Gasteiger charge is -2.30. The van der Waals surface area contributed by atoms with Gasteiger partial charge in [-0.05, 0) is 44.1 Å². The second-order valence-electron chi connectivity index (χ2n) is 6.41. The van der Waals surface area contributed by atoms with Crippen molar-refractivity contribution in [3.8, 4) is 0 Å². The van der Waals surface area contributed by atoms with E-state index in [1.807, 2.05) is 0 Å². The Balaban J connectivity index is 1.65. The highest BCUT2D eigenvalue weighted by Crippen LogP contribution is 2.33. The zero-order valence-electron chi connectivity index (χ0n) is 11.7. The predicted octanol–water partition coefficient (Wildman–Crippen LogP) is 4.52. The minimum absolute atomic E-state index is 0.834. The molecule has 0 amide bonds.